The highest BCUT2D eigenvalue weighted by Gasteiger charge is 2.16. The number of nitrogens with one attached hydrogen (secondary N) is 1. The quantitative estimate of drug-likeness (QED) is 0.881. The molecule has 1 aliphatic rings. The van der Waals surface area contributed by atoms with Gasteiger partial charge in [-0.15, -0.1) is 0 Å². The van der Waals surface area contributed by atoms with Gasteiger partial charge in [-0.25, -0.2) is 0 Å². The zero-order valence-electron chi connectivity index (χ0n) is 12.4. The summed E-state index contributed by atoms with van der Waals surface area (Å²) in [6.45, 7) is 1.75. The van der Waals surface area contributed by atoms with E-state index in [0.717, 1.165) is 23.0 Å². The molecule has 0 fully saturated rings. The van der Waals surface area contributed by atoms with Crippen molar-refractivity contribution in [1.82, 2.24) is 0 Å². The maximum atomic E-state index is 12.2. The standard InChI is InChI=1S/C18H18BrNO2/c1-12(22-17-9-6-15(19)7-10-17)18(21)20-16-8-5-13-3-2-4-14(13)11-16/h5-12H,2-4H2,1H3,(H,20,21). The molecule has 2 aromatic carbocycles. The van der Waals surface area contributed by atoms with Gasteiger partial charge in [-0.2, -0.15) is 0 Å². The topological polar surface area (TPSA) is 38.3 Å². The fourth-order valence-electron chi connectivity index (χ4n) is 2.66. The van der Waals surface area contributed by atoms with Crippen LogP contribution < -0.4 is 10.1 Å². The molecule has 4 heteroatoms. The van der Waals surface area contributed by atoms with Crippen molar-refractivity contribution in [3.8, 4) is 5.75 Å². The van der Waals surface area contributed by atoms with Gasteiger partial charge in [0.1, 0.15) is 5.75 Å². The van der Waals surface area contributed by atoms with Crippen LogP contribution in [0.1, 0.15) is 24.5 Å². The third kappa shape index (κ3) is 3.50. The van der Waals surface area contributed by atoms with Gasteiger partial charge in [0.25, 0.3) is 5.91 Å². The van der Waals surface area contributed by atoms with Gasteiger partial charge in [0.2, 0.25) is 0 Å². The second-order valence-electron chi connectivity index (χ2n) is 5.54. The number of carbonyl (C=O) groups excluding carboxylic acids is 1. The smallest absolute Gasteiger partial charge is 0.265 e. The summed E-state index contributed by atoms with van der Waals surface area (Å²) in [6, 6.07) is 13.6. The van der Waals surface area contributed by atoms with Crippen LogP contribution in [0.5, 0.6) is 5.75 Å². The van der Waals surface area contributed by atoms with E-state index in [9.17, 15) is 4.79 Å². The van der Waals surface area contributed by atoms with Crippen molar-refractivity contribution in [2.75, 3.05) is 5.32 Å². The molecule has 0 heterocycles. The van der Waals surface area contributed by atoms with Gasteiger partial charge >= 0.3 is 0 Å². The molecule has 22 heavy (non-hydrogen) atoms. The lowest BCUT2D eigenvalue weighted by Gasteiger charge is -2.15. The summed E-state index contributed by atoms with van der Waals surface area (Å²) < 4.78 is 6.64. The van der Waals surface area contributed by atoms with E-state index >= 15 is 0 Å². The second-order valence-corrected chi connectivity index (χ2v) is 6.46. The third-order valence-corrected chi connectivity index (χ3v) is 4.39. The number of ether oxygens (including phenoxy) is 1. The van der Waals surface area contributed by atoms with Crippen LogP contribution in [0.15, 0.2) is 46.9 Å². The molecule has 1 N–H and O–H groups in total. The summed E-state index contributed by atoms with van der Waals surface area (Å²) in [6.07, 6.45) is 2.90. The van der Waals surface area contributed by atoms with Gasteiger partial charge in [-0.05, 0) is 73.7 Å². The first-order valence-electron chi connectivity index (χ1n) is 7.47. The molecule has 0 saturated heterocycles. The summed E-state index contributed by atoms with van der Waals surface area (Å²) in [4.78, 5) is 12.2. The van der Waals surface area contributed by atoms with Crippen LogP contribution in [-0.4, -0.2) is 12.0 Å². The molecule has 0 bridgehead atoms. The van der Waals surface area contributed by atoms with Crippen molar-refractivity contribution in [3.63, 3.8) is 0 Å². The number of halogens is 1. The Morgan fingerprint density at radius 3 is 2.64 bits per heavy atom. The highest BCUT2D eigenvalue weighted by molar-refractivity contribution is 9.10. The molecule has 1 atom stereocenters. The van der Waals surface area contributed by atoms with E-state index in [4.69, 9.17) is 4.74 Å². The maximum absolute atomic E-state index is 12.2. The monoisotopic (exact) mass is 359 g/mol. The molecule has 0 aromatic heterocycles. The molecule has 0 radical (unpaired) electrons. The number of hydrogen-bond acceptors (Lipinski definition) is 2. The van der Waals surface area contributed by atoms with E-state index in [1.807, 2.05) is 30.3 Å². The first-order chi connectivity index (χ1) is 10.6. The van der Waals surface area contributed by atoms with Gasteiger partial charge in [-0.1, -0.05) is 22.0 Å². The van der Waals surface area contributed by atoms with Crippen molar-refractivity contribution in [1.29, 1.82) is 0 Å². The number of aryl methyl sites for hydroxylation is 2. The van der Waals surface area contributed by atoms with Crippen LogP contribution in [-0.2, 0) is 17.6 Å². The van der Waals surface area contributed by atoms with Crippen LogP contribution >= 0.6 is 15.9 Å². The number of anilines is 1. The molecular weight excluding hydrogens is 342 g/mol. The van der Waals surface area contributed by atoms with Crippen LogP contribution in [0, 0.1) is 0 Å². The molecule has 1 unspecified atom stereocenters. The largest absolute Gasteiger partial charge is 0.481 e. The van der Waals surface area contributed by atoms with E-state index in [2.05, 4.69) is 33.4 Å². The number of fused-ring (bicyclic) bond motifs is 1. The molecule has 0 saturated carbocycles. The Bertz CT molecular complexity index is 682. The molecule has 0 spiro atoms. The lowest BCUT2D eigenvalue weighted by Crippen LogP contribution is -2.30. The average Bonchev–Trinajstić information content (AvgIpc) is 2.97. The lowest BCUT2D eigenvalue weighted by atomic mass is 10.1. The minimum Gasteiger partial charge on any atom is -0.481 e. The SMILES string of the molecule is CC(Oc1ccc(Br)cc1)C(=O)Nc1ccc2c(c1)CCC2. The Morgan fingerprint density at radius 1 is 1.14 bits per heavy atom. The van der Waals surface area contributed by atoms with Crippen molar-refractivity contribution < 1.29 is 9.53 Å². The summed E-state index contributed by atoms with van der Waals surface area (Å²) in [5.41, 5.74) is 3.59. The van der Waals surface area contributed by atoms with Crippen LogP contribution in [0.2, 0.25) is 0 Å². The molecular formula is C18H18BrNO2. The second kappa shape index (κ2) is 6.53. The van der Waals surface area contributed by atoms with Crippen LogP contribution in [0.4, 0.5) is 5.69 Å². The van der Waals surface area contributed by atoms with Crippen molar-refractivity contribution in [3.05, 3.63) is 58.1 Å². The number of hydrogen-bond donors (Lipinski definition) is 1. The van der Waals surface area contributed by atoms with Crippen molar-refractivity contribution in [2.24, 2.45) is 0 Å². The minimum atomic E-state index is -0.547. The normalized spacial score (nSPS) is 14.3. The molecule has 1 aliphatic carbocycles. The Balaban J connectivity index is 1.62. The molecule has 3 nitrogen and oxygen atoms in total. The lowest BCUT2D eigenvalue weighted by molar-refractivity contribution is -0.122. The molecule has 114 valence electrons. The highest BCUT2D eigenvalue weighted by Crippen LogP contribution is 2.25. The van der Waals surface area contributed by atoms with E-state index in [0.29, 0.717) is 5.75 Å². The van der Waals surface area contributed by atoms with Crippen molar-refractivity contribution >= 4 is 27.5 Å². The Morgan fingerprint density at radius 2 is 1.86 bits per heavy atom. The van der Waals surface area contributed by atoms with Gasteiger partial charge in [0.05, 0.1) is 0 Å². The predicted octanol–water partition coefficient (Wildman–Crippen LogP) is 4.34. The Labute approximate surface area is 138 Å². The number of amides is 1. The number of rotatable bonds is 4. The van der Waals surface area contributed by atoms with E-state index in [1.54, 1.807) is 6.92 Å². The Kier molecular flexibility index (Phi) is 4.48. The molecule has 3 rings (SSSR count). The fraction of sp³-hybridized carbons (Fsp3) is 0.278. The molecule has 2 aromatic rings. The first-order valence-corrected chi connectivity index (χ1v) is 8.26. The molecule has 1 amide bonds. The van der Waals surface area contributed by atoms with Crippen molar-refractivity contribution in [2.45, 2.75) is 32.3 Å². The summed E-state index contributed by atoms with van der Waals surface area (Å²) in [7, 11) is 0. The first kappa shape index (κ1) is 15.1. The van der Waals surface area contributed by atoms with E-state index in [-0.39, 0.29) is 5.91 Å². The van der Waals surface area contributed by atoms with Gasteiger partial charge in [0, 0.05) is 10.2 Å². The Hall–Kier alpha value is -1.81. The van der Waals surface area contributed by atoms with Crippen LogP contribution in [0.25, 0.3) is 0 Å². The number of benzene rings is 2. The highest BCUT2D eigenvalue weighted by atomic mass is 79.9. The summed E-state index contributed by atoms with van der Waals surface area (Å²) in [5.74, 6) is 0.542. The van der Waals surface area contributed by atoms with Gasteiger partial charge < -0.3 is 10.1 Å². The van der Waals surface area contributed by atoms with E-state index < -0.39 is 6.10 Å². The third-order valence-electron chi connectivity index (χ3n) is 3.86. The summed E-state index contributed by atoms with van der Waals surface area (Å²) in [5, 5.41) is 2.93. The zero-order chi connectivity index (χ0) is 15.5. The average molecular weight is 360 g/mol. The van der Waals surface area contributed by atoms with E-state index in [1.165, 1.54) is 17.5 Å². The summed E-state index contributed by atoms with van der Waals surface area (Å²) >= 11 is 3.37. The fourth-order valence-corrected chi connectivity index (χ4v) is 2.93. The number of carbonyl (C=O) groups is 1. The van der Waals surface area contributed by atoms with Gasteiger partial charge in [-0.3, -0.25) is 4.79 Å². The molecule has 0 aliphatic heterocycles. The minimum absolute atomic E-state index is 0.138. The van der Waals surface area contributed by atoms with Crippen LogP contribution in [0.3, 0.4) is 0 Å². The maximum Gasteiger partial charge on any atom is 0.265 e. The van der Waals surface area contributed by atoms with Gasteiger partial charge in [0.15, 0.2) is 6.10 Å². The predicted molar refractivity (Wildman–Crippen MR) is 91.3 cm³/mol. The zero-order valence-corrected chi connectivity index (χ0v) is 14.0.